The monoisotopic (exact) mass is 112 g/mol. The molecule has 7 nitrogen and oxygen atoms in total. The van der Waals surface area contributed by atoms with Gasteiger partial charge in [0.25, 0.3) is 0 Å². The van der Waals surface area contributed by atoms with Gasteiger partial charge in [-0.2, -0.15) is 0 Å². The summed E-state index contributed by atoms with van der Waals surface area (Å²) in [7, 11) is 0. The Hall–Kier alpha value is -0.280. The second-order valence-corrected chi connectivity index (χ2v) is 0.587. The van der Waals surface area contributed by atoms with Gasteiger partial charge in [0, 0.05) is 0 Å². The lowest BCUT2D eigenvalue weighted by Gasteiger charge is -2.05. The average molecular weight is 112 g/mol. The summed E-state index contributed by atoms with van der Waals surface area (Å²) in [6, 6.07) is 0. The van der Waals surface area contributed by atoms with E-state index in [1.807, 2.05) is 0 Å². The summed E-state index contributed by atoms with van der Waals surface area (Å²) in [6.45, 7) is 0. The highest BCUT2D eigenvalue weighted by molar-refractivity contribution is 3.45. The van der Waals surface area contributed by atoms with Gasteiger partial charge in [0.1, 0.15) is 0 Å². The first-order chi connectivity index (χ1) is 3.13. The van der Waals surface area contributed by atoms with Gasteiger partial charge in [0.2, 0.25) is 0 Å². The fourth-order valence-corrected chi connectivity index (χ4v) is 0.0653. The molecule has 0 aromatic heterocycles. The van der Waals surface area contributed by atoms with Crippen LogP contribution in [0.2, 0.25) is 0 Å². The van der Waals surface area contributed by atoms with E-state index in [9.17, 15) is 0 Å². The van der Waals surface area contributed by atoms with Crippen LogP contribution in [-0.4, -0.2) is 31.6 Å². The van der Waals surface area contributed by atoms with Crippen LogP contribution in [0.15, 0.2) is 0 Å². The molecule has 0 aromatic carbocycles. The topological polar surface area (TPSA) is 96.6 Å². The summed E-state index contributed by atoms with van der Waals surface area (Å²) in [6.07, 6.45) is 0. The molecule has 0 aliphatic heterocycles. The van der Waals surface area contributed by atoms with E-state index in [0.29, 0.717) is 0 Å². The van der Waals surface area contributed by atoms with Crippen molar-refractivity contribution in [2.45, 2.75) is 0 Å². The van der Waals surface area contributed by atoms with Crippen LogP contribution in [0.25, 0.3) is 0 Å². The molecule has 0 saturated heterocycles. The van der Waals surface area contributed by atoms with Gasteiger partial charge in [-0.15, -0.1) is 4.94 Å². The van der Waals surface area contributed by atoms with Crippen molar-refractivity contribution in [3.05, 3.63) is 0 Å². The Morgan fingerprint density at radius 3 is 1.14 bits per heavy atom. The van der Waals surface area contributed by atoms with Crippen molar-refractivity contribution in [3.63, 3.8) is 0 Å². The quantitative estimate of drug-likeness (QED) is 0.340. The number of nitrogens with zero attached hydrogens (tertiary/aromatic N) is 2. The Labute approximate surface area is 37.9 Å². The summed E-state index contributed by atoms with van der Waals surface area (Å²) in [5.41, 5.74) is 0. The maximum Gasteiger partial charge on any atom is 0.0937 e. The molecule has 0 rings (SSSR count). The Morgan fingerprint density at radius 2 is 1.14 bits per heavy atom. The summed E-state index contributed by atoms with van der Waals surface area (Å²) < 4.78 is 0. The zero-order valence-corrected chi connectivity index (χ0v) is 3.09. The van der Waals surface area contributed by atoms with Crippen LogP contribution in [0, 0.1) is 0 Å². The Balaban J connectivity index is 2.95. The third kappa shape index (κ3) is 5.72. The fraction of sp³-hybridized carbons (Fsp3) is 0. The minimum Gasteiger partial charge on any atom is -0.265 e. The van der Waals surface area contributed by atoms with E-state index >= 15 is 0 Å². The highest BCUT2D eigenvalue weighted by Crippen LogP contribution is 1.76. The Morgan fingerprint density at radius 1 is 0.857 bits per heavy atom. The van der Waals surface area contributed by atoms with Gasteiger partial charge in [0.05, 0.1) is 10.8 Å². The zero-order chi connectivity index (χ0) is 5.86. The van der Waals surface area contributed by atoms with Crippen LogP contribution in [0.5, 0.6) is 0 Å². The summed E-state index contributed by atoms with van der Waals surface area (Å²) in [4.78, 5) is 3.14. The number of hydrogen-bond donors (Lipinski definition) is 4. The van der Waals surface area contributed by atoms with Crippen molar-refractivity contribution in [2.75, 3.05) is 0 Å². The van der Waals surface area contributed by atoms with Crippen molar-refractivity contribution in [3.8, 4) is 0 Å². The van der Waals surface area contributed by atoms with Gasteiger partial charge >= 0.3 is 0 Å². The molecule has 0 heterocycles. The zero-order valence-electron chi connectivity index (χ0n) is 3.09. The summed E-state index contributed by atoms with van der Waals surface area (Å²) in [5.74, 6) is 0. The molecule has 0 atom stereocenters. The third-order valence-corrected chi connectivity index (χ3v) is 0.146. The lowest BCUT2D eigenvalue weighted by molar-refractivity contribution is -0.656. The highest BCUT2D eigenvalue weighted by Gasteiger charge is 1.96. The summed E-state index contributed by atoms with van der Waals surface area (Å²) in [5, 5.41) is 28.4. The normalized spacial score (nSPS) is 11.1. The molecule has 0 aliphatic carbocycles. The molecular weight excluding hydrogens is 108 g/mol. The molecule has 44 valence electrons. The van der Waals surface area contributed by atoms with Gasteiger partial charge in [-0.3, -0.25) is 20.8 Å². The SMILES string of the molecule is ON(O)ON(O)O. The van der Waals surface area contributed by atoms with Crippen LogP contribution < -0.4 is 0 Å². The number of rotatable bonds is 2. The third-order valence-electron chi connectivity index (χ3n) is 0.146. The molecule has 7 heavy (non-hydrogen) atoms. The molecule has 0 radical (unpaired) electrons. The van der Waals surface area contributed by atoms with Gasteiger partial charge in [-0.1, -0.05) is 0 Å². The van der Waals surface area contributed by atoms with Crippen LogP contribution in [0.4, 0.5) is 0 Å². The van der Waals surface area contributed by atoms with E-state index in [-0.39, 0.29) is 0 Å². The maximum absolute atomic E-state index is 7.53. The predicted octanol–water partition coefficient (Wildman–Crippen LogP) is -1.01. The smallest absolute Gasteiger partial charge is 0.0937 e. The molecule has 0 saturated carbocycles. The molecular formula is H4N2O5. The van der Waals surface area contributed by atoms with E-state index in [0.717, 1.165) is 0 Å². The van der Waals surface area contributed by atoms with Gasteiger partial charge in [-0.25, -0.2) is 0 Å². The molecule has 0 amide bonds. The Kier molecular flexibility index (Phi) is 2.71. The van der Waals surface area contributed by atoms with Crippen molar-refractivity contribution < 1.29 is 25.8 Å². The minimum atomic E-state index is -0.875. The summed E-state index contributed by atoms with van der Waals surface area (Å²) >= 11 is 0. The second-order valence-electron chi connectivity index (χ2n) is 0.587. The molecule has 0 bridgehead atoms. The van der Waals surface area contributed by atoms with Gasteiger partial charge in [0.15, 0.2) is 0 Å². The lowest BCUT2D eigenvalue weighted by atomic mass is 12.8. The highest BCUT2D eigenvalue weighted by atomic mass is 17.2. The van der Waals surface area contributed by atoms with Crippen molar-refractivity contribution >= 4 is 0 Å². The molecule has 0 fully saturated rings. The number of hydrogen-bond acceptors (Lipinski definition) is 7. The molecule has 0 spiro atoms. The van der Waals surface area contributed by atoms with E-state index in [1.165, 1.54) is 0 Å². The largest absolute Gasteiger partial charge is 0.265 e. The lowest BCUT2D eigenvalue weighted by Crippen LogP contribution is -2.25. The van der Waals surface area contributed by atoms with E-state index in [1.54, 1.807) is 0 Å². The van der Waals surface area contributed by atoms with Crippen LogP contribution in [0.3, 0.4) is 0 Å². The second kappa shape index (κ2) is 2.82. The molecule has 7 heteroatoms. The van der Waals surface area contributed by atoms with Crippen molar-refractivity contribution in [1.82, 2.24) is 10.8 Å². The van der Waals surface area contributed by atoms with Crippen LogP contribution in [-0.2, 0) is 4.94 Å². The van der Waals surface area contributed by atoms with Gasteiger partial charge < -0.3 is 0 Å². The Bertz CT molecular complexity index is 35.3. The predicted molar refractivity (Wildman–Crippen MR) is 11.9 cm³/mol. The van der Waals surface area contributed by atoms with E-state index in [2.05, 4.69) is 4.94 Å². The van der Waals surface area contributed by atoms with E-state index < -0.39 is 10.8 Å². The standard InChI is InChI=1S/H4N2O5/c3-1(4)7-2(5)6/h3-6H. The van der Waals surface area contributed by atoms with Crippen molar-refractivity contribution in [1.29, 1.82) is 0 Å². The van der Waals surface area contributed by atoms with E-state index in [4.69, 9.17) is 20.8 Å². The van der Waals surface area contributed by atoms with Crippen LogP contribution in [0.1, 0.15) is 0 Å². The molecule has 4 N–H and O–H groups in total. The molecule has 0 aromatic rings. The molecule has 0 aliphatic rings. The molecule has 0 unspecified atom stereocenters. The van der Waals surface area contributed by atoms with Gasteiger partial charge in [-0.05, 0) is 0 Å². The minimum absolute atomic E-state index is 0.875. The average Bonchev–Trinajstić information content (AvgIpc) is 1.27. The fourth-order valence-electron chi connectivity index (χ4n) is 0.0653. The first-order valence-electron chi connectivity index (χ1n) is 1.17. The first-order valence-corrected chi connectivity index (χ1v) is 1.17. The van der Waals surface area contributed by atoms with Crippen LogP contribution >= 0.6 is 0 Å². The first kappa shape index (κ1) is 6.72. The maximum atomic E-state index is 7.53. The van der Waals surface area contributed by atoms with Crippen molar-refractivity contribution in [2.24, 2.45) is 0 Å².